The largest absolute Gasteiger partial charge is 0.481 e. The van der Waals surface area contributed by atoms with Gasteiger partial charge in [0.25, 0.3) is 5.91 Å². The molecule has 2 bridgehead atoms. The molecule has 7 heteroatoms. The summed E-state index contributed by atoms with van der Waals surface area (Å²) in [5.41, 5.74) is 2.22. The monoisotopic (exact) mass is 441 g/mol. The van der Waals surface area contributed by atoms with E-state index < -0.39 is 11.4 Å². The van der Waals surface area contributed by atoms with Gasteiger partial charge in [0.2, 0.25) is 5.89 Å². The minimum atomic E-state index is -0.687. The van der Waals surface area contributed by atoms with Crippen LogP contribution in [0.15, 0.2) is 59.1 Å². The maximum Gasteiger partial charge on any atom is 0.309 e. The van der Waals surface area contributed by atoms with Gasteiger partial charge in [-0.15, -0.1) is 0 Å². The van der Waals surface area contributed by atoms with Gasteiger partial charge in [0.05, 0.1) is 23.0 Å². The summed E-state index contributed by atoms with van der Waals surface area (Å²) in [7, 11) is 0. The highest BCUT2D eigenvalue weighted by atomic mass is 16.4. The topological polar surface area (TPSA) is 97.4 Å². The van der Waals surface area contributed by atoms with Crippen molar-refractivity contribution in [3.63, 3.8) is 0 Å². The van der Waals surface area contributed by atoms with Crippen LogP contribution >= 0.6 is 0 Å². The first-order chi connectivity index (χ1) is 15.9. The molecule has 4 aliphatic rings. The number of oxazole rings is 1. The standard InChI is InChI=1S/C26H23N3O4/c30-22(28-26(9-10-26)25-13-24(14-25,15-25)23(31)32)17-5-3-4-16-8-11-29(21(16)17)12-20-27-18-6-1-2-7-19(18)33-20/h1-8,11H,9-10,12-15H2,(H,28,30)(H,31,32). The Morgan fingerprint density at radius 2 is 1.85 bits per heavy atom. The average Bonchev–Trinajstić information content (AvgIpc) is 3.19. The lowest BCUT2D eigenvalue weighted by Crippen LogP contribution is -2.73. The fourth-order valence-electron chi connectivity index (χ4n) is 6.43. The number of nitrogens with zero attached hydrogens (tertiary/aromatic N) is 2. The Bertz CT molecular complexity index is 1420. The van der Waals surface area contributed by atoms with E-state index in [0.717, 1.165) is 34.8 Å². The lowest BCUT2D eigenvalue weighted by molar-refractivity contribution is -0.236. The highest BCUT2D eigenvalue weighted by Crippen LogP contribution is 2.81. The Morgan fingerprint density at radius 1 is 1.06 bits per heavy atom. The van der Waals surface area contributed by atoms with Crippen molar-refractivity contribution in [3.8, 4) is 0 Å². The number of hydrogen-bond acceptors (Lipinski definition) is 4. The molecule has 0 radical (unpaired) electrons. The van der Waals surface area contributed by atoms with Crippen molar-refractivity contribution < 1.29 is 19.1 Å². The number of fused-ring (bicyclic) bond motifs is 2. The maximum absolute atomic E-state index is 13.5. The molecule has 7 nitrogen and oxygen atoms in total. The SMILES string of the molecule is O=C(NC1(C23CC(C(=O)O)(C2)C3)CC1)c1cccc2ccn(Cc3nc4ccccc4o3)c12. The molecule has 2 N–H and O–H groups in total. The van der Waals surface area contributed by atoms with E-state index in [2.05, 4.69) is 10.3 Å². The second-order valence-corrected chi connectivity index (χ2v) is 10.2. The molecule has 8 rings (SSSR count). The first kappa shape index (κ1) is 18.9. The number of carboxylic acid groups (broad SMARTS) is 1. The van der Waals surface area contributed by atoms with Gasteiger partial charge in [0.15, 0.2) is 5.58 Å². The molecular weight excluding hydrogens is 418 g/mol. The lowest BCUT2D eigenvalue weighted by atomic mass is 9.32. The Morgan fingerprint density at radius 3 is 2.58 bits per heavy atom. The van der Waals surface area contributed by atoms with Gasteiger partial charge < -0.3 is 19.4 Å². The number of rotatable bonds is 6. The van der Waals surface area contributed by atoms with Gasteiger partial charge in [-0.25, -0.2) is 4.98 Å². The van der Waals surface area contributed by atoms with E-state index in [0.29, 0.717) is 37.3 Å². The zero-order chi connectivity index (χ0) is 22.4. The summed E-state index contributed by atoms with van der Waals surface area (Å²) >= 11 is 0. The van der Waals surface area contributed by atoms with E-state index in [-0.39, 0.29) is 16.9 Å². The van der Waals surface area contributed by atoms with Crippen LogP contribution in [-0.2, 0) is 11.3 Å². The minimum Gasteiger partial charge on any atom is -0.481 e. The molecule has 166 valence electrons. The summed E-state index contributed by atoms with van der Waals surface area (Å²) in [4.78, 5) is 29.6. The van der Waals surface area contributed by atoms with Gasteiger partial charge >= 0.3 is 5.97 Å². The van der Waals surface area contributed by atoms with Crippen LogP contribution in [0.4, 0.5) is 0 Å². The predicted octanol–water partition coefficient (Wildman–Crippen LogP) is 4.35. The summed E-state index contributed by atoms with van der Waals surface area (Å²) in [6, 6.07) is 15.4. The molecule has 4 fully saturated rings. The average molecular weight is 441 g/mol. The fourth-order valence-corrected chi connectivity index (χ4v) is 6.43. The second kappa shape index (κ2) is 6.04. The van der Waals surface area contributed by atoms with Crippen LogP contribution in [0, 0.1) is 10.8 Å². The predicted molar refractivity (Wildman–Crippen MR) is 121 cm³/mol. The molecular formula is C26H23N3O4. The molecule has 4 aromatic rings. The van der Waals surface area contributed by atoms with Crippen LogP contribution in [-0.4, -0.2) is 32.1 Å². The van der Waals surface area contributed by atoms with Crippen LogP contribution in [0.1, 0.15) is 48.4 Å². The zero-order valence-corrected chi connectivity index (χ0v) is 18.0. The zero-order valence-electron chi connectivity index (χ0n) is 18.0. The van der Waals surface area contributed by atoms with E-state index in [9.17, 15) is 14.7 Å². The molecule has 0 spiro atoms. The van der Waals surface area contributed by atoms with Gasteiger partial charge in [0, 0.05) is 17.1 Å². The number of benzene rings is 2. The Balaban J connectivity index is 1.18. The van der Waals surface area contributed by atoms with Crippen LogP contribution in [0.3, 0.4) is 0 Å². The smallest absolute Gasteiger partial charge is 0.309 e. The van der Waals surface area contributed by atoms with Crippen molar-refractivity contribution in [2.75, 3.05) is 0 Å². The normalized spacial score (nSPS) is 26.5. The lowest BCUT2D eigenvalue weighted by Gasteiger charge is -2.71. The molecule has 0 unspecified atom stereocenters. The maximum atomic E-state index is 13.5. The molecule has 2 heterocycles. The molecule has 4 aliphatic carbocycles. The van der Waals surface area contributed by atoms with Gasteiger partial charge in [-0.2, -0.15) is 0 Å². The number of aromatic nitrogens is 2. The second-order valence-electron chi connectivity index (χ2n) is 10.2. The molecule has 0 atom stereocenters. The van der Waals surface area contributed by atoms with Crippen molar-refractivity contribution in [1.82, 2.24) is 14.9 Å². The Labute approximate surface area is 189 Å². The summed E-state index contributed by atoms with van der Waals surface area (Å²) in [6.07, 6.45) is 5.87. The van der Waals surface area contributed by atoms with Gasteiger partial charge in [-0.3, -0.25) is 9.59 Å². The quantitative estimate of drug-likeness (QED) is 0.464. The van der Waals surface area contributed by atoms with Crippen molar-refractivity contribution >= 4 is 33.9 Å². The number of aliphatic carboxylic acids is 1. The van der Waals surface area contributed by atoms with Crippen molar-refractivity contribution in [2.45, 2.75) is 44.2 Å². The van der Waals surface area contributed by atoms with Crippen LogP contribution in [0.5, 0.6) is 0 Å². The van der Waals surface area contributed by atoms with E-state index in [1.165, 1.54) is 0 Å². The molecule has 1 amide bonds. The third kappa shape index (κ3) is 2.47. The number of para-hydroxylation sites is 3. The molecule has 0 saturated heterocycles. The van der Waals surface area contributed by atoms with Gasteiger partial charge in [-0.05, 0) is 61.8 Å². The summed E-state index contributed by atoms with van der Waals surface area (Å²) in [5, 5.41) is 13.8. The fraction of sp³-hybridized carbons (Fsp3) is 0.346. The number of hydrogen-bond donors (Lipinski definition) is 2. The number of carboxylic acids is 1. The summed E-state index contributed by atoms with van der Waals surface area (Å²) in [5.74, 6) is -0.187. The van der Waals surface area contributed by atoms with Crippen molar-refractivity contribution in [1.29, 1.82) is 0 Å². The van der Waals surface area contributed by atoms with Crippen LogP contribution in [0.25, 0.3) is 22.0 Å². The highest BCUT2D eigenvalue weighted by molar-refractivity contribution is 6.06. The number of carbonyl (C=O) groups excluding carboxylic acids is 1. The first-order valence-electron chi connectivity index (χ1n) is 11.4. The van der Waals surface area contributed by atoms with Gasteiger partial charge in [0.1, 0.15) is 5.52 Å². The van der Waals surface area contributed by atoms with Crippen LogP contribution < -0.4 is 5.32 Å². The number of nitrogens with one attached hydrogen (secondary N) is 1. The number of carbonyl (C=O) groups is 2. The van der Waals surface area contributed by atoms with E-state index >= 15 is 0 Å². The van der Waals surface area contributed by atoms with Crippen molar-refractivity contribution in [3.05, 3.63) is 66.2 Å². The van der Waals surface area contributed by atoms with Crippen LogP contribution in [0.2, 0.25) is 0 Å². The molecule has 2 aromatic heterocycles. The number of amides is 1. The van der Waals surface area contributed by atoms with E-state index in [4.69, 9.17) is 4.42 Å². The van der Waals surface area contributed by atoms with Crippen molar-refractivity contribution in [2.24, 2.45) is 10.8 Å². The van der Waals surface area contributed by atoms with E-state index in [1.807, 2.05) is 59.3 Å². The highest BCUT2D eigenvalue weighted by Gasteiger charge is 2.81. The third-order valence-electron chi connectivity index (χ3n) is 8.28. The van der Waals surface area contributed by atoms with Gasteiger partial charge in [-0.1, -0.05) is 24.3 Å². The first-order valence-corrected chi connectivity index (χ1v) is 11.4. The summed E-state index contributed by atoms with van der Waals surface area (Å²) < 4.78 is 7.91. The summed E-state index contributed by atoms with van der Waals surface area (Å²) in [6.45, 7) is 0.429. The minimum absolute atomic E-state index is 0.0326. The third-order valence-corrected chi connectivity index (χ3v) is 8.28. The molecule has 33 heavy (non-hydrogen) atoms. The Kier molecular flexibility index (Phi) is 3.46. The van der Waals surface area contributed by atoms with E-state index in [1.54, 1.807) is 0 Å². The molecule has 4 saturated carbocycles. The molecule has 2 aromatic carbocycles. The Hall–Kier alpha value is -3.61. The molecule has 0 aliphatic heterocycles.